The van der Waals surface area contributed by atoms with Crippen LogP contribution in [0.4, 0.5) is 0 Å². The molecule has 0 bridgehead atoms. The molecule has 0 saturated heterocycles. The minimum Gasteiger partial charge on any atom is -0.254 e. The van der Waals surface area contributed by atoms with Gasteiger partial charge in [-0.2, -0.15) is 0 Å². The second kappa shape index (κ2) is 8.65. The van der Waals surface area contributed by atoms with Gasteiger partial charge in [-0.1, -0.05) is 72.8 Å². The molecule has 0 N–H and O–H groups in total. The third kappa shape index (κ3) is 3.35. The number of thiophene rings is 1. The first-order valence-electron chi connectivity index (χ1n) is 13.7. The van der Waals surface area contributed by atoms with Crippen molar-refractivity contribution in [2.75, 3.05) is 0 Å². The molecule has 0 fully saturated rings. The summed E-state index contributed by atoms with van der Waals surface area (Å²) >= 11 is 1.85. The van der Waals surface area contributed by atoms with Crippen LogP contribution < -0.4 is 0 Å². The average Bonchev–Trinajstić information content (AvgIpc) is 3.42. The van der Waals surface area contributed by atoms with E-state index in [1.54, 1.807) is 0 Å². The van der Waals surface area contributed by atoms with Crippen molar-refractivity contribution >= 4 is 75.0 Å². The minimum absolute atomic E-state index is 0.936. The molecule has 0 aliphatic heterocycles. The minimum atomic E-state index is 0.936. The zero-order valence-electron chi connectivity index (χ0n) is 21.9. The molecule has 0 saturated carbocycles. The summed E-state index contributed by atoms with van der Waals surface area (Å²) in [6.07, 6.45) is 3.69. The van der Waals surface area contributed by atoms with E-state index in [1.807, 2.05) is 35.9 Å². The van der Waals surface area contributed by atoms with E-state index in [2.05, 4.69) is 108 Å². The molecule has 190 valence electrons. The van der Waals surface area contributed by atoms with Crippen molar-refractivity contribution < 1.29 is 0 Å². The number of hydrogen-bond acceptors (Lipinski definition) is 4. The Morgan fingerprint density at radius 3 is 2.20 bits per heavy atom. The van der Waals surface area contributed by atoms with Crippen LogP contribution >= 0.6 is 11.3 Å². The Bertz CT molecular complexity index is 2480. The van der Waals surface area contributed by atoms with Gasteiger partial charge in [0, 0.05) is 65.1 Å². The molecular weight excluding hydrogens is 518 g/mol. The number of hydrogen-bond donors (Lipinski definition) is 0. The van der Waals surface area contributed by atoms with Crippen LogP contribution in [0.5, 0.6) is 0 Å². The normalized spacial score (nSPS) is 11.9. The van der Waals surface area contributed by atoms with Gasteiger partial charge in [0.05, 0.1) is 22.2 Å². The molecule has 9 rings (SSSR count). The lowest BCUT2D eigenvalue weighted by Crippen LogP contribution is -1.90. The third-order valence-electron chi connectivity index (χ3n) is 8.12. The van der Waals surface area contributed by atoms with Crippen LogP contribution in [-0.4, -0.2) is 15.0 Å². The van der Waals surface area contributed by atoms with Gasteiger partial charge in [-0.15, -0.1) is 11.3 Å². The van der Waals surface area contributed by atoms with E-state index in [4.69, 9.17) is 9.97 Å². The molecule has 0 atom stereocenters. The summed E-state index contributed by atoms with van der Waals surface area (Å²) < 4.78 is 2.57. The topological polar surface area (TPSA) is 38.7 Å². The van der Waals surface area contributed by atoms with Gasteiger partial charge in [-0.25, -0.2) is 4.98 Å². The van der Waals surface area contributed by atoms with E-state index in [9.17, 15) is 0 Å². The first kappa shape index (κ1) is 22.6. The predicted molar refractivity (Wildman–Crippen MR) is 174 cm³/mol. The van der Waals surface area contributed by atoms with Crippen LogP contribution in [0.2, 0.25) is 0 Å². The summed E-state index contributed by atoms with van der Waals surface area (Å²) in [5.74, 6) is 0. The van der Waals surface area contributed by atoms with E-state index >= 15 is 0 Å². The lowest BCUT2D eigenvalue weighted by molar-refractivity contribution is 1.37. The molecule has 41 heavy (non-hydrogen) atoms. The number of fused-ring (bicyclic) bond motifs is 10. The standard InChI is InChI=1S/C37H21N3S/c1-2-8-22(9-3-1)35-27-15-17-32-34(33(27)26-11-4-5-13-30(26)40-35)29-20-23(14-16-31(29)41-32)28-21-24-10-6-18-38-36(24)37-25(28)12-7-19-39-37/h1-21H. The molecule has 4 heteroatoms. The van der Waals surface area contributed by atoms with Gasteiger partial charge in [0.15, 0.2) is 0 Å². The van der Waals surface area contributed by atoms with E-state index in [-0.39, 0.29) is 0 Å². The van der Waals surface area contributed by atoms with Gasteiger partial charge in [0.1, 0.15) is 0 Å². The first-order chi connectivity index (χ1) is 20.3. The highest BCUT2D eigenvalue weighted by molar-refractivity contribution is 7.26. The van der Waals surface area contributed by atoms with Gasteiger partial charge in [0.25, 0.3) is 0 Å². The summed E-state index contributed by atoms with van der Waals surface area (Å²) in [7, 11) is 0. The number of benzene rings is 5. The van der Waals surface area contributed by atoms with Gasteiger partial charge < -0.3 is 0 Å². The van der Waals surface area contributed by atoms with Crippen molar-refractivity contribution in [1.29, 1.82) is 0 Å². The van der Waals surface area contributed by atoms with Crippen LogP contribution in [0.25, 0.3) is 86.0 Å². The van der Waals surface area contributed by atoms with E-state index in [1.165, 1.54) is 47.5 Å². The molecule has 5 aromatic carbocycles. The number of pyridine rings is 3. The Kier molecular flexibility index (Phi) is 4.77. The highest BCUT2D eigenvalue weighted by Crippen LogP contribution is 2.45. The quantitative estimate of drug-likeness (QED) is 0.205. The van der Waals surface area contributed by atoms with E-state index < -0.39 is 0 Å². The monoisotopic (exact) mass is 539 g/mol. The maximum atomic E-state index is 5.16. The lowest BCUT2D eigenvalue weighted by Gasteiger charge is -2.12. The Labute approximate surface area is 239 Å². The third-order valence-corrected chi connectivity index (χ3v) is 9.25. The maximum Gasteiger partial charge on any atom is 0.0970 e. The van der Waals surface area contributed by atoms with Crippen LogP contribution in [0.15, 0.2) is 128 Å². The molecule has 0 aliphatic rings. The molecular formula is C37H21N3S. The zero-order chi connectivity index (χ0) is 26.9. The molecule has 0 amide bonds. The molecule has 0 aliphatic carbocycles. The predicted octanol–water partition coefficient (Wildman–Crippen LogP) is 10.2. The van der Waals surface area contributed by atoms with Gasteiger partial charge in [0.2, 0.25) is 0 Å². The lowest BCUT2D eigenvalue weighted by atomic mass is 9.94. The fraction of sp³-hybridized carbons (Fsp3) is 0. The second-order valence-corrected chi connectivity index (χ2v) is 11.5. The molecule has 0 radical (unpaired) electrons. The highest BCUT2D eigenvalue weighted by Gasteiger charge is 2.17. The van der Waals surface area contributed by atoms with Crippen molar-refractivity contribution in [3.8, 4) is 22.4 Å². The molecule has 0 spiro atoms. The summed E-state index contributed by atoms with van der Waals surface area (Å²) in [5, 5.41) is 8.41. The summed E-state index contributed by atoms with van der Waals surface area (Å²) in [6, 6.07) is 41.0. The van der Waals surface area contributed by atoms with Crippen LogP contribution in [-0.2, 0) is 0 Å². The molecule has 4 aromatic heterocycles. The Morgan fingerprint density at radius 2 is 1.27 bits per heavy atom. The van der Waals surface area contributed by atoms with Crippen molar-refractivity contribution in [2.24, 2.45) is 0 Å². The Morgan fingerprint density at radius 1 is 0.488 bits per heavy atom. The number of aromatic nitrogens is 3. The van der Waals surface area contributed by atoms with Crippen molar-refractivity contribution in [3.63, 3.8) is 0 Å². The van der Waals surface area contributed by atoms with Gasteiger partial charge >= 0.3 is 0 Å². The second-order valence-electron chi connectivity index (χ2n) is 10.4. The van der Waals surface area contributed by atoms with Crippen LogP contribution in [0.3, 0.4) is 0 Å². The first-order valence-corrected chi connectivity index (χ1v) is 14.5. The van der Waals surface area contributed by atoms with Gasteiger partial charge in [-0.05, 0) is 53.6 Å². The molecule has 0 unspecified atom stereocenters. The van der Waals surface area contributed by atoms with Crippen LogP contribution in [0, 0.1) is 0 Å². The van der Waals surface area contributed by atoms with Crippen LogP contribution in [0.1, 0.15) is 0 Å². The van der Waals surface area contributed by atoms with E-state index in [0.717, 1.165) is 38.6 Å². The number of rotatable bonds is 2. The zero-order valence-corrected chi connectivity index (χ0v) is 22.7. The summed E-state index contributed by atoms with van der Waals surface area (Å²) in [5.41, 5.74) is 7.40. The Hall–Kier alpha value is -5.19. The van der Waals surface area contributed by atoms with Crippen molar-refractivity contribution in [2.45, 2.75) is 0 Å². The van der Waals surface area contributed by atoms with Crippen molar-refractivity contribution in [1.82, 2.24) is 15.0 Å². The number of nitrogens with zero attached hydrogens (tertiary/aromatic N) is 3. The molecule has 9 aromatic rings. The SMILES string of the molecule is c1ccc(-c2nc3ccccc3c3c2ccc2sc4ccc(-c5cc6cccnc6c6ncccc56)cc4c23)cc1. The Balaban J connectivity index is 1.41. The smallest absolute Gasteiger partial charge is 0.0970 e. The van der Waals surface area contributed by atoms with E-state index in [0.29, 0.717) is 0 Å². The maximum absolute atomic E-state index is 5.16. The molecule has 3 nitrogen and oxygen atoms in total. The van der Waals surface area contributed by atoms with Gasteiger partial charge in [-0.3, -0.25) is 9.97 Å². The highest BCUT2D eigenvalue weighted by atomic mass is 32.1. The van der Waals surface area contributed by atoms with Crippen molar-refractivity contribution in [3.05, 3.63) is 128 Å². The largest absolute Gasteiger partial charge is 0.254 e. The fourth-order valence-electron chi connectivity index (χ4n) is 6.31. The summed E-state index contributed by atoms with van der Waals surface area (Å²) in [4.78, 5) is 14.6. The average molecular weight is 540 g/mol. The fourth-order valence-corrected chi connectivity index (χ4v) is 7.40. The summed E-state index contributed by atoms with van der Waals surface area (Å²) in [6.45, 7) is 0. The molecule has 4 heterocycles. The number of para-hydroxylation sites is 1.